The molecule has 0 N–H and O–H groups in total. The predicted molar refractivity (Wildman–Crippen MR) is 210 cm³/mol. The molecule has 3 heteroatoms. The largest absolute Gasteiger partial charge is 0.456 e. The van der Waals surface area contributed by atoms with Crippen LogP contribution < -0.4 is 4.90 Å². The number of anilines is 3. The van der Waals surface area contributed by atoms with E-state index in [1.807, 2.05) is 17.4 Å². The second-order valence-corrected chi connectivity index (χ2v) is 13.5. The first-order valence-corrected chi connectivity index (χ1v) is 17.4. The van der Waals surface area contributed by atoms with E-state index in [1.165, 1.54) is 42.1 Å². The lowest BCUT2D eigenvalue weighted by Crippen LogP contribution is -2.11. The molecule has 0 saturated heterocycles. The van der Waals surface area contributed by atoms with Gasteiger partial charge >= 0.3 is 0 Å². The Labute approximate surface area is 287 Å². The predicted octanol–water partition coefficient (Wildman–Crippen LogP) is 13.9. The fourth-order valence-corrected chi connectivity index (χ4v) is 8.64. The SMILES string of the molecule is c1ccc(N(c2ccc(-c3cccc4ccccc34)cc2)c2cccc3sc4ccccc4c23)c(-c2cccc3oc4ccccc4c23)c1. The maximum Gasteiger partial charge on any atom is 0.136 e. The molecule has 0 aliphatic heterocycles. The lowest BCUT2D eigenvalue weighted by Gasteiger charge is -2.29. The summed E-state index contributed by atoms with van der Waals surface area (Å²) in [5.74, 6) is 0. The first-order valence-electron chi connectivity index (χ1n) is 16.6. The lowest BCUT2D eigenvalue weighted by molar-refractivity contribution is 0.669. The van der Waals surface area contributed by atoms with Gasteiger partial charge in [0.05, 0.1) is 11.4 Å². The van der Waals surface area contributed by atoms with Crippen LogP contribution in [0.15, 0.2) is 180 Å². The normalized spacial score (nSPS) is 11.7. The molecule has 49 heavy (non-hydrogen) atoms. The monoisotopic (exact) mass is 643 g/mol. The lowest BCUT2D eigenvalue weighted by atomic mass is 9.96. The van der Waals surface area contributed by atoms with E-state index in [0.717, 1.165) is 50.1 Å². The summed E-state index contributed by atoms with van der Waals surface area (Å²) in [7, 11) is 0. The number of furan rings is 1. The maximum atomic E-state index is 6.35. The molecule has 0 saturated carbocycles. The average Bonchev–Trinajstić information content (AvgIpc) is 3.74. The zero-order chi connectivity index (χ0) is 32.3. The molecule has 0 aliphatic carbocycles. The highest BCUT2D eigenvalue weighted by Gasteiger charge is 2.23. The van der Waals surface area contributed by atoms with Gasteiger partial charge in [0.25, 0.3) is 0 Å². The molecule has 0 fully saturated rings. The third-order valence-corrected chi connectivity index (χ3v) is 10.8. The summed E-state index contributed by atoms with van der Waals surface area (Å²) in [6.07, 6.45) is 0. The molecule has 10 rings (SSSR count). The Bertz CT molecular complexity index is 2840. The van der Waals surface area contributed by atoms with Gasteiger partial charge in [0.15, 0.2) is 0 Å². The summed E-state index contributed by atoms with van der Waals surface area (Å²) in [6.45, 7) is 0. The van der Waals surface area contributed by atoms with Crippen molar-refractivity contribution in [2.75, 3.05) is 4.90 Å². The topological polar surface area (TPSA) is 16.4 Å². The van der Waals surface area contributed by atoms with Crippen LogP contribution in [0.1, 0.15) is 0 Å². The molecule has 10 aromatic rings. The van der Waals surface area contributed by atoms with Crippen molar-refractivity contribution in [2.45, 2.75) is 0 Å². The number of para-hydroxylation sites is 2. The zero-order valence-corrected chi connectivity index (χ0v) is 27.3. The van der Waals surface area contributed by atoms with Crippen molar-refractivity contribution in [1.82, 2.24) is 0 Å². The van der Waals surface area contributed by atoms with Crippen LogP contribution in [0.25, 0.3) is 75.1 Å². The molecule has 0 bridgehead atoms. The fraction of sp³-hybridized carbons (Fsp3) is 0. The molecule has 0 aliphatic rings. The number of hydrogen-bond donors (Lipinski definition) is 0. The van der Waals surface area contributed by atoms with Crippen molar-refractivity contribution in [3.05, 3.63) is 176 Å². The second-order valence-electron chi connectivity index (χ2n) is 12.5. The Morgan fingerprint density at radius 2 is 1.00 bits per heavy atom. The molecule has 0 radical (unpaired) electrons. The standard InChI is InChI=1S/C46H29NOS/c1-2-14-33-30(12-1)13-9-18-34(33)31-26-28-32(29-27-31)47(40-21-11-25-44-46(40)38-17-5-8-24-43(38)49-44)39-20-6-3-15-35(39)36-19-10-23-42-45(36)37-16-4-7-22-41(37)48-42/h1-29H. The molecular weight excluding hydrogens is 615 g/mol. The van der Waals surface area contributed by atoms with Crippen LogP contribution in [0.5, 0.6) is 0 Å². The van der Waals surface area contributed by atoms with Gasteiger partial charge in [0.1, 0.15) is 11.2 Å². The van der Waals surface area contributed by atoms with E-state index in [-0.39, 0.29) is 0 Å². The van der Waals surface area contributed by atoms with Crippen LogP contribution in [-0.4, -0.2) is 0 Å². The number of hydrogen-bond acceptors (Lipinski definition) is 3. The first-order chi connectivity index (χ1) is 24.3. The molecule has 2 aromatic heterocycles. The van der Waals surface area contributed by atoms with E-state index in [2.05, 4.69) is 175 Å². The van der Waals surface area contributed by atoms with Gasteiger partial charge in [0.2, 0.25) is 0 Å². The number of nitrogens with zero attached hydrogens (tertiary/aromatic N) is 1. The number of thiophene rings is 1. The van der Waals surface area contributed by atoms with Crippen LogP contribution in [0.2, 0.25) is 0 Å². The molecule has 2 nitrogen and oxygen atoms in total. The van der Waals surface area contributed by atoms with E-state index in [0.29, 0.717) is 0 Å². The van der Waals surface area contributed by atoms with Crippen LogP contribution in [-0.2, 0) is 0 Å². The van der Waals surface area contributed by atoms with Gasteiger partial charge in [0, 0.05) is 42.2 Å². The van der Waals surface area contributed by atoms with Crippen molar-refractivity contribution in [3.63, 3.8) is 0 Å². The first kappa shape index (κ1) is 27.9. The summed E-state index contributed by atoms with van der Waals surface area (Å²) in [6, 6.07) is 63.2. The van der Waals surface area contributed by atoms with Gasteiger partial charge in [-0.25, -0.2) is 0 Å². The summed E-state index contributed by atoms with van der Waals surface area (Å²) < 4.78 is 8.92. The van der Waals surface area contributed by atoms with Crippen molar-refractivity contribution >= 4 is 81.3 Å². The molecular formula is C46H29NOS. The molecule has 8 aromatic carbocycles. The minimum atomic E-state index is 0.894. The summed E-state index contributed by atoms with van der Waals surface area (Å²) in [4.78, 5) is 2.45. The minimum Gasteiger partial charge on any atom is -0.456 e. The molecule has 0 spiro atoms. The van der Waals surface area contributed by atoms with Gasteiger partial charge in [-0.3, -0.25) is 0 Å². The third kappa shape index (κ3) is 4.47. The van der Waals surface area contributed by atoms with E-state index < -0.39 is 0 Å². The number of rotatable bonds is 5. The molecule has 0 unspecified atom stereocenters. The highest BCUT2D eigenvalue weighted by molar-refractivity contribution is 7.26. The maximum absolute atomic E-state index is 6.35. The third-order valence-electron chi connectivity index (χ3n) is 9.69. The van der Waals surface area contributed by atoms with E-state index >= 15 is 0 Å². The smallest absolute Gasteiger partial charge is 0.136 e. The zero-order valence-electron chi connectivity index (χ0n) is 26.5. The van der Waals surface area contributed by atoms with Gasteiger partial charge < -0.3 is 9.32 Å². The van der Waals surface area contributed by atoms with Crippen LogP contribution in [0, 0.1) is 0 Å². The molecule has 0 amide bonds. The van der Waals surface area contributed by atoms with E-state index in [9.17, 15) is 0 Å². The summed E-state index contributed by atoms with van der Waals surface area (Å²) in [5, 5.41) is 7.31. The Kier molecular flexibility index (Phi) is 6.39. The molecule has 230 valence electrons. The average molecular weight is 644 g/mol. The van der Waals surface area contributed by atoms with Gasteiger partial charge in [-0.1, -0.05) is 127 Å². The van der Waals surface area contributed by atoms with Crippen LogP contribution in [0.4, 0.5) is 17.1 Å². The van der Waals surface area contributed by atoms with Crippen molar-refractivity contribution in [1.29, 1.82) is 0 Å². The van der Waals surface area contributed by atoms with Crippen molar-refractivity contribution in [3.8, 4) is 22.3 Å². The summed E-state index contributed by atoms with van der Waals surface area (Å²) in [5.41, 5.74) is 9.90. The van der Waals surface area contributed by atoms with Gasteiger partial charge in [-0.05, 0) is 76.0 Å². The quantitative estimate of drug-likeness (QED) is 0.186. The van der Waals surface area contributed by atoms with Crippen molar-refractivity contribution in [2.24, 2.45) is 0 Å². The fourth-order valence-electron chi connectivity index (χ4n) is 7.51. The Hall–Kier alpha value is -6.16. The Morgan fingerprint density at radius 1 is 0.388 bits per heavy atom. The summed E-state index contributed by atoms with van der Waals surface area (Å²) >= 11 is 1.85. The van der Waals surface area contributed by atoms with Gasteiger partial charge in [-0.2, -0.15) is 0 Å². The van der Waals surface area contributed by atoms with Crippen LogP contribution >= 0.6 is 11.3 Å². The number of fused-ring (bicyclic) bond motifs is 7. The van der Waals surface area contributed by atoms with Crippen LogP contribution in [0.3, 0.4) is 0 Å². The van der Waals surface area contributed by atoms with Gasteiger partial charge in [-0.15, -0.1) is 11.3 Å². The number of benzene rings is 8. The Balaban J connectivity index is 1.23. The minimum absolute atomic E-state index is 0.894. The van der Waals surface area contributed by atoms with Crippen molar-refractivity contribution < 1.29 is 4.42 Å². The highest BCUT2D eigenvalue weighted by Crippen LogP contribution is 2.49. The van der Waals surface area contributed by atoms with E-state index in [1.54, 1.807) is 0 Å². The highest BCUT2D eigenvalue weighted by atomic mass is 32.1. The Morgan fingerprint density at radius 3 is 1.92 bits per heavy atom. The molecule has 0 atom stereocenters. The second kappa shape index (κ2) is 11.2. The molecule has 2 heterocycles. The van der Waals surface area contributed by atoms with E-state index in [4.69, 9.17) is 4.42 Å².